The van der Waals surface area contributed by atoms with Gasteiger partial charge < -0.3 is 4.74 Å². The Hall–Kier alpha value is -0.690. The molecule has 0 aromatic heterocycles. The van der Waals surface area contributed by atoms with Crippen LogP contribution >= 0.6 is 11.6 Å². The zero-order valence-corrected chi connectivity index (χ0v) is 14.1. The molecule has 0 aliphatic heterocycles. The first-order valence-electron chi connectivity index (χ1n) is 7.74. The Balaban J connectivity index is 2.08. The first-order chi connectivity index (χ1) is 9.33. The maximum atomic E-state index is 6.44. The predicted molar refractivity (Wildman–Crippen MR) is 86.8 cm³/mol. The fourth-order valence-electron chi connectivity index (χ4n) is 3.21. The third kappa shape index (κ3) is 2.70. The summed E-state index contributed by atoms with van der Waals surface area (Å²) in [5, 5.41) is 0.261. The van der Waals surface area contributed by atoms with E-state index in [1.165, 1.54) is 5.56 Å². The molecule has 2 heteroatoms. The second-order valence-electron chi connectivity index (χ2n) is 7.02. The van der Waals surface area contributed by atoms with E-state index in [1.807, 2.05) is 0 Å². The minimum Gasteiger partial charge on any atom is -0.490 e. The van der Waals surface area contributed by atoms with Crippen LogP contribution in [0.25, 0.3) is 0 Å². The average molecular weight is 295 g/mol. The van der Waals surface area contributed by atoms with E-state index in [-0.39, 0.29) is 22.3 Å². The quantitative estimate of drug-likeness (QED) is 0.662. The fraction of sp³-hybridized carbons (Fsp3) is 0.667. The second kappa shape index (κ2) is 5.60. The first kappa shape index (κ1) is 15.7. The van der Waals surface area contributed by atoms with Crippen molar-refractivity contribution in [2.45, 2.75) is 70.8 Å². The summed E-state index contributed by atoms with van der Waals surface area (Å²) in [4.78, 5) is 0. The molecule has 0 heterocycles. The number of benzene rings is 1. The van der Waals surface area contributed by atoms with Gasteiger partial charge in [0.2, 0.25) is 0 Å². The van der Waals surface area contributed by atoms with E-state index in [4.69, 9.17) is 16.3 Å². The van der Waals surface area contributed by atoms with Crippen LogP contribution in [0.4, 0.5) is 0 Å². The summed E-state index contributed by atoms with van der Waals surface area (Å²) in [7, 11) is 0. The third-order valence-electron chi connectivity index (χ3n) is 5.00. The lowest BCUT2D eigenvalue weighted by atomic mass is 9.62. The molecule has 1 aromatic rings. The van der Waals surface area contributed by atoms with Crippen molar-refractivity contribution in [3.8, 4) is 5.75 Å². The van der Waals surface area contributed by atoms with Gasteiger partial charge in [0.15, 0.2) is 0 Å². The normalized spacial score (nSPS) is 25.1. The van der Waals surface area contributed by atoms with E-state index >= 15 is 0 Å². The van der Waals surface area contributed by atoms with Crippen LogP contribution in [0.3, 0.4) is 0 Å². The van der Waals surface area contributed by atoms with Gasteiger partial charge in [0.05, 0.1) is 0 Å². The van der Waals surface area contributed by atoms with Crippen LogP contribution in [-0.2, 0) is 5.41 Å². The maximum absolute atomic E-state index is 6.44. The van der Waals surface area contributed by atoms with Gasteiger partial charge in [-0.25, -0.2) is 0 Å². The molecule has 2 unspecified atom stereocenters. The number of ether oxygens (including phenoxy) is 1. The minimum atomic E-state index is 0.157. The number of hydrogen-bond acceptors (Lipinski definition) is 1. The summed E-state index contributed by atoms with van der Waals surface area (Å²) in [5.41, 5.74) is 1.68. The summed E-state index contributed by atoms with van der Waals surface area (Å²) >= 11 is 6.44. The summed E-state index contributed by atoms with van der Waals surface area (Å²) < 4.78 is 6.20. The highest BCUT2D eigenvalue weighted by atomic mass is 35.5. The van der Waals surface area contributed by atoms with Crippen LogP contribution in [0, 0.1) is 5.41 Å². The van der Waals surface area contributed by atoms with Crippen molar-refractivity contribution in [2.75, 3.05) is 0 Å². The highest BCUT2D eigenvalue weighted by molar-refractivity contribution is 6.21. The number of alkyl halides is 1. The second-order valence-corrected chi connectivity index (χ2v) is 7.55. The van der Waals surface area contributed by atoms with E-state index in [0.717, 1.165) is 25.0 Å². The summed E-state index contributed by atoms with van der Waals surface area (Å²) in [5.74, 6) is 0.970. The minimum absolute atomic E-state index is 0.157. The van der Waals surface area contributed by atoms with Crippen molar-refractivity contribution in [1.29, 1.82) is 0 Å². The number of halogens is 1. The molecule has 1 saturated carbocycles. The molecule has 20 heavy (non-hydrogen) atoms. The van der Waals surface area contributed by atoms with Gasteiger partial charge in [-0.1, -0.05) is 46.8 Å². The van der Waals surface area contributed by atoms with Crippen LogP contribution in [0.5, 0.6) is 5.75 Å². The first-order valence-corrected chi connectivity index (χ1v) is 8.18. The zero-order valence-electron chi connectivity index (χ0n) is 13.4. The Morgan fingerprint density at radius 2 is 1.70 bits per heavy atom. The molecule has 0 N–H and O–H groups in total. The van der Waals surface area contributed by atoms with Gasteiger partial charge in [0.25, 0.3) is 0 Å². The van der Waals surface area contributed by atoms with Crippen molar-refractivity contribution in [3.63, 3.8) is 0 Å². The average Bonchev–Trinajstić information content (AvgIpc) is 2.39. The highest BCUT2D eigenvalue weighted by Crippen LogP contribution is 2.51. The van der Waals surface area contributed by atoms with Gasteiger partial charge in [-0.3, -0.25) is 0 Å². The lowest BCUT2D eigenvalue weighted by Gasteiger charge is -2.52. The van der Waals surface area contributed by atoms with Crippen molar-refractivity contribution in [2.24, 2.45) is 5.41 Å². The topological polar surface area (TPSA) is 9.23 Å². The molecule has 0 saturated heterocycles. The summed E-state index contributed by atoms with van der Waals surface area (Å²) in [6, 6.07) is 8.54. The highest BCUT2D eigenvalue weighted by Gasteiger charge is 2.53. The van der Waals surface area contributed by atoms with E-state index in [1.54, 1.807) is 0 Å². The molecular formula is C18H27ClO. The van der Waals surface area contributed by atoms with Crippen LogP contribution in [-0.4, -0.2) is 11.5 Å². The molecule has 0 bridgehead atoms. The van der Waals surface area contributed by atoms with E-state index < -0.39 is 0 Å². The molecule has 1 aromatic carbocycles. The molecular weight excluding hydrogens is 268 g/mol. The molecule has 1 nitrogen and oxygen atoms in total. The van der Waals surface area contributed by atoms with Gasteiger partial charge in [-0.05, 0) is 36.0 Å². The molecule has 0 spiro atoms. The zero-order chi connectivity index (χ0) is 15.0. The van der Waals surface area contributed by atoms with Gasteiger partial charge in [0.1, 0.15) is 11.9 Å². The Bertz CT molecular complexity index is 439. The molecule has 1 aliphatic carbocycles. The molecule has 1 fully saturated rings. The van der Waals surface area contributed by atoms with Gasteiger partial charge in [0, 0.05) is 17.2 Å². The SMILES string of the molecule is CCC1(CC)C(Cl)CC1Oc1ccc(C(C)(C)C)cc1. The third-order valence-corrected chi connectivity index (χ3v) is 5.61. The van der Waals surface area contributed by atoms with Crippen molar-refractivity contribution >= 4 is 11.6 Å². The Labute approximate surface area is 128 Å². The predicted octanol–water partition coefficient (Wildman–Crippen LogP) is 5.55. The van der Waals surface area contributed by atoms with Crippen molar-refractivity contribution in [3.05, 3.63) is 29.8 Å². The Kier molecular flexibility index (Phi) is 4.39. The Morgan fingerprint density at radius 1 is 1.15 bits per heavy atom. The lowest BCUT2D eigenvalue weighted by molar-refractivity contribution is -0.0462. The monoisotopic (exact) mass is 294 g/mol. The molecule has 112 valence electrons. The van der Waals surface area contributed by atoms with Crippen LogP contribution < -0.4 is 4.74 Å². The standard InChI is InChI=1S/C18H27ClO/c1-6-18(7-2)15(19)12-16(18)20-14-10-8-13(9-11-14)17(3,4)5/h8-11,15-16H,6-7,12H2,1-5H3. The molecule has 2 atom stereocenters. The maximum Gasteiger partial charge on any atom is 0.119 e. The molecule has 0 amide bonds. The van der Waals surface area contributed by atoms with E-state index in [0.29, 0.717) is 0 Å². The van der Waals surface area contributed by atoms with Gasteiger partial charge in [-0.2, -0.15) is 0 Å². The number of rotatable bonds is 4. The fourth-order valence-corrected chi connectivity index (χ4v) is 3.82. The lowest BCUT2D eigenvalue weighted by Crippen LogP contribution is -2.56. The van der Waals surface area contributed by atoms with Crippen molar-refractivity contribution in [1.82, 2.24) is 0 Å². The summed E-state index contributed by atoms with van der Waals surface area (Å²) in [6.07, 6.45) is 3.40. The molecule has 2 rings (SSSR count). The molecule has 0 radical (unpaired) electrons. The smallest absolute Gasteiger partial charge is 0.119 e. The van der Waals surface area contributed by atoms with E-state index in [2.05, 4.69) is 58.9 Å². The van der Waals surface area contributed by atoms with Gasteiger partial charge in [-0.15, -0.1) is 11.6 Å². The van der Waals surface area contributed by atoms with Crippen LogP contribution in [0.15, 0.2) is 24.3 Å². The van der Waals surface area contributed by atoms with E-state index in [9.17, 15) is 0 Å². The van der Waals surface area contributed by atoms with Gasteiger partial charge >= 0.3 is 0 Å². The van der Waals surface area contributed by atoms with Crippen LogP contribution in [0.2, 0.25) is 0 Å². The molecule has 1 aliphatic rings. The van der Waals surface area contributed by atoms with Crippen molar-refractivity contribution < 1.29 is 4.74 Å². The summed E-state index contributed by atoms with van der Waals surface area (Å²) in [6.45, 7) is 11.1. The number of hydrogen-bond donors (Lipinski definition) is 0. The van der Waals surface area contributed by atoms with Crippen LogP contribution in [0.1, 0.15) is 59.4 Å². The Morgan fingerprint density at radius 3 is 2.10 bits per heavy atom. The largest absolute Gasteiger partial charge is 0.490 e.